The van der Waals surface area contributed by atoms with E-state index in [0.717, 1.165) is 0 Å². The summed E-state index contributed by atoms with van der Waals surface area (Å²) >= 11 is 0. The van der Waals surface area contributed by atoms with Crippen LogP contribution < -0.4 is 20.7 Å². The zero-order valence-corrected chi connectivity index (χ0v) is 9.52. The van der Waals surface area contributed by atoms with E-state index in [2.05, 4.69) is 15.3 Å². The second-order valence-electron chi connectivity index (χ2n) is 3.16. The number of nitrogens with one attached hydrogen (secondary N) is 1. The highest BCUT2D eigenvalue weighted by Gasteiger charge is 2.10. The molecule has 3 N–H and O–H groups in total. The normalized spacial score (nSPS) is 9.69. The first kappa shape index (κ1) is 12.0. The van der Waals surface area contributed by atoms with Crippen molar-refractivity contribution >= 4 is 17.7 Å². The summed E-state index contributed by atoms with van der Waals surface area (Å²) in [6.45, 7) is 0.191. The number of anilines is 2. The van der Waals surface area contributed by atoms with E-state index in [1.54, 1.807) is 25.1 Å². The Balaban J connectivity index is 2.86. The van der Waals surface area contributed by atoms with Gasteiger partial charge in [0.25, 0.3) is 0 Å². The molecule has 88 valence electrons. The molecule has 16 heavy (non-hydrogen) atoms. The predicted octanol–water partition coefficient (Wildman–Crippen LogP) is -0.750. The first-order chi connectivity index (χ1) is 7.56. The summed E-state index contributed by atoms with van der Waals surface area (Å²) in [5.74, 6) is 0.899. The maximum Gasteiger partial charge on any atom is 0.239 e. The molecular formula is C9H15N5O2. The first-order valence-corrected chi connectivity index (χ1v) is 4.67. The number of rotatable bonds is 4. The first-order valence-electron chi connectivity index (χ1n) is 4.67. The number of nitrogens with zero attached hydrogens (tertiary/aromatic N) is 3. The number of nitrogen functional groups attached to an aromatic ring is 1. The Bertz CT molecular complexity index is 382. The summed E-state index contributed by atoms with van der Waals surface area (Å²) in [6, 6.07) is 1.61. The lowest BCUT2D eigenvalue weighted by atomic mass is 10.4. The highest BCUT2D eigenvalue weighted by atomic mass is 16.5. The molecule has 0 unspecified atom stereocenters. The van der Waals surface area contributed by atoms with Gasteiger partial charge in [0.2, 0.25) is 17.7 Å². The molecule has 1 aromatic rings. The fraction of sp³-hybridized carbons (Fsp3) is 0.444. The maximum absolute atomic E-state index is 11.2. The van der Waals surface area contributed by atoms with Gasteiger partial charge in [-0.25, -0.2) is 0 Å². The molecule has 0 aliphatic rings. The molecule has 7 heteroatoms. The average Bonchev–Trinajstić information content (AvgIpc) is 2.27. The molecule has 0 spiro atoms. The van der Waals surface area contributed by atoms with Crippen molar-refractivity contribution in [3.63, 3.8) is 0 Å². The number of likely N-dealkylation sites (N-methyl/N-ethyl adjacent to an activating group) is 2. The monoisotopic (exact) mass is 225 g/mol. The van der Waals surface area contributed by atoms with E-state index in [-0.39, 0.29) is 18.4 Å². The zero-order chi connectivity index (χ0) is 12.1. The summed E-state index contributed by atoms with van der Waals surface area (Å²) in [5, 5.41) is 2.52. The van der Waals surface area contributed by atoms with Gasteiger partial charge in [-0.1, -0.05) is 0 Å². The number of hydrogen-bond acceptors (Lipinski definition) is 6. The number of aromatic nitrogens is 2. The van der Waals surface area contributed by atoms with Gasteiger partial charge in [0.15, 0.2) is 0 Å². The van der Waals surface area contributed by atoms with Gasteiger partial charge in [-0.15, -0.1) is 0 Å². The van der Waals surface area contributed by atoms with E-state index in [9.17, 15) is 4.79 Å². The Morgan fingerprint density at radius 1 is 1.62 bits per heavy atom. The molecule has 1 rings (SSSR count). The smallest absolute Gasteiger partial charge is 0.239 e. The van der Waals surface area contributed by atoms with Crippen molar-refractivity contribution in [2.24, 2.45) is 0 Å². The lowest BCUT2D eigenvalue weighted by molar-refractivity contribution is -0.119. The highest BCUT2D eigenvalue weighted by molar-refractivity contribution is 5.80. The molecule has 0 aliphatic carbocycles. The number of amides is 1. The third kappa shape index (κ3) is 2.97. The third-order valence-electron chi connectivity index (χ3n) is 1.97. The number of ether oxygens (including phenoxy) is 1. The Labute approximate surface area is 93.6 Å². The topological polar surface area (TPSA) is 93.4 Å². The minimum absolute atomic E-state index is 0.109. The summed E-state index contributed by atoms with van der Waals surface area (Å²) in [4.78, 5) is 20.7. The van der Waals surface area contributed by atoms with Gasteiger partial charge in [-0.2, -0.15) is 9.97 Å². The second kappa shape index (κ2) is 5.15. The van der Waals surface area contributed by atoms with Gasteiger partial charge in [0.05, 0.1) is 13.7 Å². The highest BCUT2D eigenvalue weighted by Crippen LogP contribution is 2.16. The van der Waals surface area contributed by atoms with Crippen LogP contribution in [0.25, 0.3) is 0 Å². The molecular weight excluding hydrogens is 210 g/mol. The standard InChI is InChI=1S/C9H15N5O2/c1-11-7(15)5-14(2)6-4-8(16-3)13-9(10)12-6/h4H,5H2,1-3H3,(H,11,15)(H2,10,12,13). The minimum atomic E-state index is -0.112. The average molecular weight is 225 g/mol. The fourth-order valence-electron chi connectivity index (χ4n) is 1.11. The van der Waals surface area contributed by atoms with Crippen LogP contribution in [0.4, 0.5) is 11.8 Å². The lowest BCUT2D eigenvalue weighted by Crippen LogP contribution is -2.33. The van der Waals surface area contributed by atoms with Gasteiger partial charge in [0.1, 0.15) is 5.82 Å². The molecule has 0 saturated carbocycles. The van der Waals surface area contributed by atoms with Crippen LogP contribution in [0, 0.1) is 0 Å². The van der Waals surface area contributed by atoms with Crippen LogP contribution >= 0.6 is 0 Å². The van der Waals surface area contributed by atoms with Crippen LogP contribution in [-0.2, 0) is 4.79 Å². The predicted molar refractivity (Wildman–Crippen MR) is 60.3 cm³/mol. The summed E-state index contributed by atoms with van der Waals surface area (Å²) in [5.41, 5.74) is 5.51. The Kier molecular flexibility index (Phi) is 3.87. The molecule has 0 aromatic carbocycles. The molecule has 7 nitrogen and oxygen atoms in total. The molecule has 0 atom stereocenters. The van der Waals surface area contributed by atoms with Crippen molar-refractivity contribution in [3.8, 4) is 5.88 Å². The molecule has 1 amide bonds. The van der Waals surface area contributed by atoms with Gasteiger partial charge < -0.3 is 20.7 Å². The fourth-order valence-corrected chi connectivity index (χ4v) is 1.11. The van der Waals surface area contributed by atoms with E-state index in [1.165, 1.54) is 7.11 Å². The number of carbonyl (C=O) groups excluding carboxylic acids is 1. The second-order valence-corrected chi connectivity index (χ2v) is 3.16. The van der Waals surface area contributed by atoms with E-state index >= 15 is 0 Å². The van der Waals surface area contributed by atoms with Crippen molar-refractivity contribution < 1.29 is 9.53 Å². The molecule has 0 fully saturated rings. The molecule has 0 bridgehead atoms. The van der Waals surface area contributed by atoms with Crippen molar-refractivity contribution in [1.82, 2.24) is 15.3 Å². The van der Waals surface area contributed by atoms with E-state index in [0.29, 0.717) is 11.7 Å². The molecule has 0 radical (unpaired) electrons. The number of methoxy groups -OCH3 is 1. The van der Waals surface area contributed by atoms with Crippen LogP contribution in [0.5, 0.6) is 5.88 Å². The minimum Gasteiger partial charge on any atom is -0.481 e. The maximum atomic E-state index is 11.2. The summed E-state index contributed by atoms with van der Waals surface area (Å²) in [6.07, 6.45) is 0. The number of nitrogens with two attached hydrogens (primary N) is 1. The van der Waals surface area contributed by atoms with Gasteiger partial charge >= 0.3 is 0 Å². The lowest BCUT2D eigenvalue weighted by Gasteiger charge is -2.17. The van der Waals surface area contributed by atoms with Gasteiger partial charge in [0, 0.05) is 20.2 Å². The van der Waals surface area contributed by atoms with Crippen LogP contribution in [0.2, 0.25) is 0 Å². The largest absolute Gasteiger partial charge is 0.481 e. The molecule has 1 heterocycles. The van der Waals surface area contributed by atoms with Crippen molar-refractivity contribution in [3.05, 3.63) is 6.07 Å². The Morgan fingerprint density at radius 2 is 2.31 bits per heavy atom. The van der Waals surface area contributed by atoms with Crippen LogP contribution in [0.1, 0.15) is 0 Å². The van der Waals surface area contributed by atoms with Crippen LogP contribution in [0.15, 0.2) is 6.07 Å². The zero-order valence-electron chi connectivity index (χ0n) is 9.52. The SMILES string of the molecule is CNC(=O)CN(C)c1cc(OC)nc(N)n1. The Morgan fingerprint density at radius 3 is 2.88 bits per heavy atom. The Hall–Kier alpha value is -2.05. The van der Waals surface area contributed by atoms with E-state index < -0.39 is 0 Å². The molecule has 1 aromatic heterocycles. The van der Waals surface area contributed by atoms with E-state index in [4.69, 9.17) is 10.5 Å². The van der Waals surface area contributed by atoms with Gasteiger partial charge in [-0.05, 0) is 0 Å². The van der Waals surface area contributed by atoms with Crippen molar-refractivity contribution in [2.45, 2.75) is 0 Å². The van der Waals surface area contributed by atoms with E-state index in [1.807, 2.05) is 0 Å². The van der Waals surface area contributed by atoms with Crippen molar-refractivity contribution in [1.29, 1.82) is 0 Å². The number of hydrogen-bond donors (Lipinski definition) is 2. The molecule has 0 saturated heterocycles. The summed E-state index contributed by atoms with van der Waals surface area (Å²) < 4.78 is 4.96. The summed E-state index contributed by atoms with van der Waals surface area (Å²) in [7, 11) is 4.80. The number of carbonyl (C=O) groups is 1. The van der Waals surface area contributed by atoms with Crippen molar-refractivity contribution in [2.75, 3.05) is 38.4 Å². The van der Waals surface area contributed by atoms with Gasteiger partial charge in [-0.3, -0.25) is 4.79 Å². The molecule has 0 aliphatic heterocycles. The van der Waals surface area contributed by atoms with Crippen LogP contribution in [0.3, 0.4) is 0 Å². The quantitative estimate of drug-likeness (QED) is 0.700. The third-order valence-corrected chi connectivity index (χ3v) is 1.97. The van der Waals surface area contributed by atoms with Crippen LogP contribution in [-0.4, -0.2) is 43.6 Å².